The number of methoxy groups -OCH3 is 2. The van der Waals surface area contributed by atoms with Crippen molar-refractivity contribution in [2.45, 2.75) is 4.90 Å². The zero-order chi connectivity index (χ0) is 16.7. The van der Waals surface area contributed by atoms with E-state index in [2.05, 4.69) is 5.32 Å². The number of carbonyl (C=O) groups excluding carboxylic acids is 1. The van der Waals surface area contributed by atoms with Gasteiger partial charge in [-0.25, -0.2) is 0 Å². The van der Waals surface area contributed by atoms with Crippen LogP contribution in [-0.4, -0.2) is 33.0 Å². The number of carbonyl (C=O) groups is 1. The molecule has 6 heteroatoms. The van der Waals surface area contributed by atoms with Crippen molar-refractivity contribution in [2.75, 3.05) is 32.4 Å². The van der Waals surface area contributed by atoms with Gasteiger partial charge in [0.05, 0.1) is 14.2 Å². The third-order valence-corrected chi connectivity index (χ3v) is 3.77. The zero-order valence-corrected chi connectivity index (χ0v) is 14.1. The lowest BCUT2D eigenvalue weighted by atomic mass is 10.3. The topological polar surface area (TPSA) is 56.8 Å². The van der Waals surface area contributed by atoms with Gasteiger partial charge in [0.15, 0.2) is 6.61 Å². The van der Waals surface area contributed by atoms with E-state index in [4.69, 9.17) is 14.2 Å². The Morgan fingerprint density at radius 1 is 1.04 bits per heavy atom. The minimum Gasteiger partial charge on any atom is -0.496 e. The Bertz CT molecular complexity index is 653. The third-order valence-electron chi connectivity index (χ3n) is 3.05. The second-order valence-electron chi connectivity index (χ2n) is 4.62. The van der Waals surface area contributed by atoms with Crippen molar-refractivity contribution in [1.29, 1.82) is 0 Å². The van der Waals surface area contributed by atoms with E-state index in [9.17, 15) is 4.79 Å². The number of hydrogen-bond acceptors (Lipinski definition) is 5. The van der Waals surface area contributed by atoms with E-state index in [0.29, 0.717) is 17.2 Å². The van der Waals surface area contributed by atoms with Crippen molar-refractivity contribution in [3.63, 3.8) is 0 Å². The molecule has 1 amide bonds. The van der Waals surface area contributed by atoms with Gasteiger partial charge in [-0.1, -0.05) is 6.07 Å². The lowest BCUT2D eigenvalue weighted by Crippen LogP contribution is -2.20. The van der Waals surface area contributed by atoms with Crippen LogP contribution in [0.1, 0.15) is 0 Å². The Balaban J connectivity index is 1.96. The number of hydrogen-bond donors (Lipinski definition) is 1. The molecule has 1 N–H and O–H groups in total. The average molecular weight is 333 g/mol. The molecule has 122 valence electrons. The summed E-state index contributed by atoms with van der Waals surface area (Å²) >= 11 is 1.62. The molecule has 2 aromatic carbocycles. The molecule has 0 saturated heterocycles. The molecule has 0 bridgehead atoms. The van der Waals surface area contributed by atoms with Crippen LogP contribution in [-0.2, 0) is 4.79 Å². The Morgan fingerprint density at radius 2 is 1.70 bits per heavy atom. The van der Waals surface area contributed by atoms with Crippen molar-refractivity contribution in [1.82, 2.24) is 0 Å². The van der Waals surface area contributed by atoms with Crippen molar-refractivity contribution in [2.24, 2.45) is 0 Å². The van der Waals surface area contributed by atoms with Crippen LogP contribution in [0, 0.1) is 0 Å². The Kier molecular flexibility index (Phi) is 6.17. The van der Waals surface area contributed by atoms with Crippen LogP contribution in [0.15, 0.2) is 47.4 Å². The minimum absolute atomic E-state index is 0.0974. The molecule has 0 aliphatic heterocycles. The molecule has 0 radical (unpaired) electrons. The summed E-state index contributed by atoms with van der Waals surface area (Å²) in [6.07, 6.45) is 1.99. The van der Waals surface area contributed by atoms with Crippen molar-refractivity contribution in [3.8, 4) is 17.2 Å². The molecule has 0 fully saturated rings. The predicted octanol–water partition coefficient (Wildman–Crippen LogP) is 3.44. The van der Waals surface area contributed by atoms with Crippen LogP contribution in [0.5, 0.6) is 17.2 Å². The van der Waals surface area contributed by atoms with Gasteiger partial charge in [-0.3, -0.25) is 4.79 Å². The molecule has 0 aliphatic carbocycles. The maximum absolute atomic E-state index is 12.0. The fourth-order valence-corrected chi connectivity index (χ4v) is 2.37. The smallest absolute Gasteiger partial charge is 0.262 e. The highest BCUT2D eigenvalue weighted by molar-refractivity contribution is 7.98. The molecule has 0 atom stereocenters. The summed E-state index contributed by atoms with van der Waals surface area (Å²) < 4.78 is 15.8. The van der Waals surface area contributed by atoms with Gasteiger partial charge in [0.25, 0.3) is 5.91 Å². The van der Waals surface area contributed by atoms with E-state index < -0.39 is 0 Å². The van der Waals surface area contributed by atoms with Crippen LogP contribution in [0.25, 0.3) is 0 Å². The fourth-order valence-electron chi connectivity index (χ4n) is 1.91. The minimum atomic E-state index is -0.231. The second-order valence-corrected chi connectivity index (χ2v) is 5.50. The summed E-state index contributed by atoms with van der Waals surface area (Å²) in [5.41, 5.74) is 0.744. The van der Waals surface area contributed by atoms with Gasteiger partial charge in [0, 0.05) is 28.8 Å². The van der Waals surface area contributed by atoms with Crippen LogP contribution in [0.4, 0.5) is 5.69 Å². The number of anilines is 1. The Morgan fingerprint density at radius 3 is 2.30 bits per heavy atom. The number of benzene rings is 2. The lowest BCUT2D eigenvalue weighted by Gasteiger charge is -2.11. The largest absolute Gasteiger partial charge is 0.496 e. The normalized spacial score (nSPS) is 10.0. The molecule has 0 aliphatic rings. The highest BCUT2D eigenvalue weighted by atomic mass is 32.2. The first kappa shape index (κ1) is 17.0. The number of thioether (sulfide) groups is 1. The van der Waals surface area contributed by atoms with Gasteiger partial charge >= 0.3 is 0 Å². The van der Waals surface area contributed by atoms with Gasteiger partial charge < -0.3 is 19.5 Å². The van der Waals surface area contributed by atoms with E-state index >= 15 is 0 Å². The molecule has 23 heavy (non-hydrogen) atoms. The second kappa shape index (κ2) is 8.33. The van der Waals surface area contributed by atoms with Crippen LogP contribution < -0.4 is 19.5 Å². The molecule has 0 heterocycles. The average Bonchev–Trinajstić information content (AvgIpc) is 2.59. The summed E-state index contributed by atoms with van der Waals surface area (Å²) in [5, 5.41) is 2.80. The molecule has 2 rings (SSSR count). The number of nitrogens with one attached hydrogen (secondary N) is 1. The lowest BCUT2D eigenvalue weighted by molar-refractivity contribution is -0.118. The summed E-state index contributed by atoms with van der Waals surface area (Å²) in [6.45, 7) is -0.0974. The quantitative estimate of drug-likeness (QED) is 0.787. The van der Waals surface area contributed by atoms with E-state index in [1.807, 2.05) is 30.5 Å². The monoisotopic (exact) mass is 333 g/mol. The van der Waals surface area contributed by atoms with Gasteiger partial charge in [-0.15, -0.1) is 11.8 Å². The first-order valence-corrected chi connectivity index (χ1v) is 8.17. The first-order chi connectivity index (χ1) is 11.1. The molecule has 0 spiro atoms. The number of ether oxygens (including phenoxy) is 3. The van der Waals surface area contributed by atoms with E-state index in [0.717, 1.165) is 10.6 Å². The number of rotatable bonds is 7. The van der Waals surface area contributed by atoms with E-state index in [1.54, 1.807) is 44.2 Å². The van der Waals surface area contributed by atoms with Crippen LogP contribution in [0.3, 0.4) is 0 Å². The molecule has 0 aromatic heterocycles. The highest BCUT2D eigenvalue weighted by Gasteiger charge is 2.07. The van der Waals surface area contributed by atoms with Gasteiger partial charge in [-0.2, -0.15) is 0 Å². The third kappa shape index (κ3) is 5.10. The SMILES string of the molecule is COc1cc(OC)cc(OCC(=O)Nc2cccc(SC)c2)c1. The standard InChI is InChI=1S/C17H19NO4S/c1-20-13-8-14(21-2)10-15(9-13)22-11-17(19)18-12-5-4-6-16(7-12)23-3/h4-10H,11H2,1-3H3,(H,18,19). The first-order valence-electron chi connectivity index (χ1n) is 6.94. The van der Waals surface area contributed by atoms with Gasteiger partial charge in [0.1, 0.15) is 17.2 Å². The number of amides is 1. The van der Waals surface area contributed by atoms with Crippen molar-refractivity contribution >= 4 is 23.4 Å². The van der Waals surface area contributed by atoms with Crippen molar-refractivity contribution in [3.05, 3.63) is 42.5 Å². The fraction of sp³-hybridized carbons (Fsp3) is 0.235. The Labute approximate surface area is 139 Å². The van der Waals surface area contributed by atoms with Gasteiger partial charge in [0.2, 0.25) is 0 Å². The molecule has 2 aromatic rings. The zero-order valence-electron chi connectivity index (χ0n) is 13.3. The highest BCUT2D eigenvalue weighted by Crippen LogP contribution is 2.27. The van der Waals surface area contributed by atoms with Crippen LogP contribution in [0.2, 0.25) is 0 Å². The summed E-state index contributed by atoms with van der Waals surface area (Å²) in [4.78, 5) is 13.1. The van der Waals surface area contributed by atoms with E-state index in [1.165, 1.54) is 0 Å². The maximum atomic E-state index is 12.0. The van der Waals surface area contributed by atoms with Crippen molar-refractivity contribution < 1.29 is 19.0 Å². The molecule has 5 nitrogen and oxygen atoms in total. The predicted molar refractivity (Wildman–Crippen MR) is 91.9 cm³/mol. The Hall–Kier alpha value is -2.34. The molecule has 0 unspecified atom stereocenters. The summed E-state index contributed by atoms with van der Waals surface area (Å²) in [5.74, 6) is 1.49. The maximum Gasteiger partial charge on any atom is 0.262 e. The van der Waals surface area contributed by atoms with Gasteiger partial charge in [-0.05, 0) is 24.5 Å². The summed E-state index contributed by atoms with van der Waals surface area (Å²) in [7, 11) is 3.12. The molecular weight excluding hydrogens is 314 g/mol. The summed E-state index contributed by atoms with van der Waals surface area (Å²) in [6, 6.07) is 12.8. The molecule has 0 saturated carbocycles. The molecular formula is C17H19NO4S. The van der Waals surface area contributed by atoms with Crippen LogP contribution >= 0.6 is 11.8 Å². The van der Waals surface area contributed by atoms with E-state index in [-0.39, 0.29) is 12.5 Å².